The lowest BCUT2D eigenvalue weighted by Gasteiger charge is -2.34. The number of aliphatic hydroxyl groups is 1. The molecule has 1 saturated heterocycles. The number of hydrogen-bond donors (Lipinski definition) is 1. The van der Waals surface area contributed by atoms with E-state index in [1.807, 2.05) is 0 Å². The largest absolute Gasteiger partial charge is 0.395 e. The lowest BCUT2D eigenvalue weighted by Crippen LogP contribution is -2.49. The third kappa shape index (κ3) is 3.31. The third-order valence-electron chi connectivity index (χ3n) is 4.55. The van der Waals surface area contributed by atoms with Crippen LogP contribution in [-0.2, 0) is 0 Å². The van der Waals surface area contributed by atoms with Crippen LogP contribution >= 0.6 is 0 Å². The molecule has 25 heavy (non-hydrogen) atoms. The highest BCUT2D eigenvalue weighted by Crippen LogP contribution is 2.30. The summed E-state index contributed by atoms with van der Waals surface area (Å²) < 4.78 is 0. The second-order valence-corrected chi connectivity index (χ2v) is 6.10. The molecular weight excluding hydrogens is 324 g/mol. The average molecular weight is 344 g/mol. The molecule has 1 aromatic carbocycles. The van der Waals surface area contributed by atoms with Crippen LogP contribution in [0.2, 0.25) is 0 Å². The minimum absolute atomic E-state index is 0.0146. The SMILES string of the molecule is Cc1cnc(C(=O)N2CCN(CCO)CC2)c2cccc([N+](=O)[O-])c12. The van der Waals surface area contributed by atoms with Crippen LogP contribution in [0.25, 0.3) is 10.8 Å². The Morgan fingerprint density at radius 1 is 1.32 bits per heavy atom. The predicted molar refractivity (Wildman–Crippen MR) is 92.6 cm³/mol. The molecule has 8 nitrogen and oxygen atoms in total. The molecule has 3 rings (SSSR count). The fourth-order valence-corrected chi connectivity index (χ4v) is 3.24. The molecule has 1 fully saturated rings. The fourth-order valence-electron chi connectivity index (χ4n) is 3.24. The van der Waals surface area contributed by atoms with E-state index < -0.39 is 4.92 Å². The normalized spacial score (nSPS) is 15.5. The first kappa shape index (κ1) is 17.2. The fraction of sp³-hybridized carbons (Fsp3) is 0.412. The molecule has 1 aliphatic rings. The van der Waals surface area contributed by atoms with Crippen LogP contribution in [0.3, 0.4) is 0 Å². The predicted octanol–water partition coefficient (Wildman–Crippen LogP) is 1.20. The van der Waals surface area contributed by atoms with E-state index in [0.717, 1.165) is 0 Å². The first-order valence-corrected chi connectivity index (χ1v) is 8.18. The molecule has 2 aromatic rings. The Bertz CT molecular complexity index is 816. The number of piperazine rings is 1. The highest BCUT2D eigenvalue weighted by Gasteiger charge is 2.26. The van der Waals surface area contributed by atoms with Crippen molar-refractivity contribution in [3.05, 3.63) is 45.8 Å². The Balaban J connectivity index is 1.94. The van der Waals surface area contributed by atoms with Crippen LogP contribution in [0.5, 0.6) is 0 Å². The van der Waals surface area contributed by atoms with Crippen molar-refractivity contribution in [2.24, 2.45) is 0 Å². The minimum atomic E-state index is -0.433. The Morgan fingerprint density at radius 2 is 2.04 bits per heavy atom. The molecule has 0 unspecified atom stereocenters. The number of nitro groups is 1. The summed E-state index contributed by atoms with van der Waals surface area (Å²) in [6.45, 7) is 4.92. The number of amides is 1. The van der Waals surface area contributed by atoms with E-state index in [4.69, 9.17) is 5.11 Å². The van der Waals surface area contributed by atoms with Gasteiger partial charge in [0.05, 0.1) is 16.9 Å². The average Bonchev–Trinajstić information content (AvgIpc) is 2.62. The van der Waals surface area contributed by atoms with E-state index in [9.17, 15) is 14.9 Å². The van der Waals surface area contributed by atoms with Gasteiger partial charge in [0.1, 0.15) is 5.69 Å². The molecule has 1 N–H and O–H groups in total. The van der Waals surface area contributed by atoms with E-state index >= 15 is 0 Å². The van der Waals surface area contributed by atoms with Gasteiger partial charge in [-0.25, -0.2) is 0 Å². The van der Waals surface area contributed by atoms with E-state index in [0.29, 0.717) is 49.1 Å². The number of nitro benzene ring substituents is 1. The topological polar surface area (TPSA) is 99.8 Å². The molecule has 8 heteroatoms. The Morgan fingerprint density at radius 3 is 2.68 bits per heavy atom. The van der Waals surface area contributed by atoms with Gasteiger partial charge in [-0.1, -0.05) is 12.1 Å². The Hall–Kier alpha value is -2.58. The molecule has 0 aliphatic carbocycles. The van der Waals surface area contributed by atoms with Crippen molar-refractivity contribution in [3.8, 4) is 0 Å². The first-order chi connectivity index (χ1) is 12.0. The number of β-amino-alcohol motifs (C(OH)–C–C–N with tert-alkyl or cyclic N) is 1. The standard InChI is InChI=1S/C17H20N4O4/c1-12-11-18-16(13-3-2-4-14(15(12)13)21(24)25)17(23)20-7-5-19(6-8-20)9-10-22/h2-4,11,22H,5-10H2,1H3. The number of aryl methyl sites for hydroxylation is 1. The van der Waals surface area contributed by atoms with Gasteiger partial charge in [0.25, 0.3) is 11.6 Å². The summed E-state index contributed by atoms with van der Waals surface area (Å²) in [4.78, 5) is 31.8. The lowest BCUT2D eigenvalue weighted by atomic mass is 10.0. The van der Waals surface area contributed by atoms with Crippen molar-refractivity contribution in [1.29, 1.82) is 0 Å². The number of carbonyl (C=O) groups excluding carboxylic acids is 1. The van der Waals surface area contributed by atoms with Crippen molar-refractivity contribution in [2.45, 2.75) is 6.92 Å². The summed E-state index contributed by atoms with van der Waals surface area (Å²) in [6, 6.07) is 4.73. The summed E-state index contributed by atoms with van der Waals surface area (Å²) in [5, 5.41) is 21.3. The van der Waals surface area contributed by atoms with Gasteiger partial charge in [0.15, 0.2) is 0 Å². The van der Waals surface area contributed by atoms with Gasteiger partial charge in [-0.05, 0) is 12.5 Å². The monoisotopic (exact) mass is 344 g/mol. The summed E-state index contributed by atoms with van der Waals surface area (Å²) in [5.74, 6) is -0.214. The summed E-state index contributed by atoms with van der Waals surface area (Å²) in [7, 11) is 0. The van der Waals surface area contributed by atoms with Crippen LogP contribution in [0, 0.1) is 17.0 Å². The van der Waals surface area contributed by atoms with Crippen LogP contribution in [0.15, 0.2) is 24.4 Å². The maximum absolute atomic E-state index is 12.9. The van der Waals surface area contributed by atoms with E-state index in [-0.39, 0.29) is 23.9 Å². The Labute approximate surface area is 144 Å². The number of pyridine rings is 1. The van der Waals surface area contributed by atoms with Crippen LogP contribution in [-0.4, -0.2) is 70.1 Å². The molecular formula is C17H20N4O4. The van der Waals surface area contributed by atoms with E-state index in [1.54, 1.807) is 24.0 Å². The molecule has 132 valence electrons. The van der Waals surface area contributed by atoms with Crippen LogP contribution < -0.4 is 0 Å². The van der Waals surface area contributed by atoms with Crippen molar-refractivity contribution in [3.63, 3.8) is 0 Å². The second-order valence-electron chi connectivity index (χ2n) is 6.10. The van der Waals surface area contributed by atoms with E-state index in [2.05, 4.69) is 9.88 Å². The van der Waals surface area contributed by atoms with Crippen molar-refractivity contribution < 1.29 is 14.8 Å². The minimum Gasteiger partial charge on any atom is -0.395 e. The summed E-state index contributed by atoms with van der Waals surface area (Å²) in [6.07, 6.45) is 1.52. The number of aromatic nitrogens is 1. The summed E-state index contributed by atoms with van der Waals surface area (Å²) >= 11 is 0. The van der Waals surface area contributed by atoms with Gasteiger partial charge < -0.3 is 10.0 Å². The zero-order valence-electron chi connectivity index (χ0n) is 14.0. The molecule has 2 heterocycles. The van der Waals surface area contributed by atoms with Gasteiger partial charge in [0, 0.05) is 50.4 Å². The molecule has 0 radical (unpaired) electrons. The van der Waals surface area contributed by atoms with Crippen LogP contribution in [0.1, 0.15) is 16.1 Å². The quantitative estimate of drug-likeness (QED) is 0.661. The number of aliphatic hydroxyl groups excluding tert-OH is 1. The molecule has 1 aliphatic heterocycles. The Kier molecular flexibility index (Phi) is 4.91. The van der Waals surface area contributed by atoms with Gasteiger partial charge in [-0.3, -0.25) is 24.8 Å². The molecule has 0 atom stereocenters. The maximum Gasteiger partial charge on any atom is 0.277 e. The van der Waals surface area contributed by atoms with Gasteiger partial charge in [0.2, 0.25) is 0 Å². The number of carbonyl (C=O) groups is 1. The number of fused-ring (bicyclic) bond motifs is 1. The molecule has 0 spiro atoms. The highest BCUT2D eigenvalue weighted by molar-refractivity contribution is 6.08. The van der Waals surface area contributed by atoms with Crippen molar-refractivity contribution in [1.82, 2.24) is 14.8 Å². The zero-order valence-corrected chi connectivity index (χ0v) is 14.0. The molecule has 0 bridgehead atoms. The maximum atomic E-state index is 12.9. The second kappa shape index (κ2) is 7.12. The smallest absolute Gasteiger partial charge is 0.277 e. The van der Waals surface area contributed by atoms with Gasteiger partial charge in [-0.2, -0.15) is 0 Å². The van der Waals surface area contributed by atoms with Crippen LogP contribution in [0.4, 0.5) is 5.69 Å². The van der Waals surface area contributed by atoms with Gasteiger partial charge >= 0.3 is 0 Å². The lowest BCUT2D eigenvalue weighted by molar-refractivity contribution is -0.383. The third-order valence-corrected chi connectivity index (χ3v) is 4.55. The highest BCUT2D eigenvalue weighted by atomic mass is 16.6. The molecule has 1 amide bonds. The number of nitrogens with zero attached hydrogens (tertiary/aromatic N) is 4. The number of benzene rings is 1. The number of hydrogen-bond acceptors (Lipinski definition) is 6. The number of non-ortho nitro benzene ring substituents is 1. The van der Waals surface area contributed by atoms with Crippen molar-refractivity contribution >= 4 is 22.4 Å². The number of rotatable bonds is 4. The van der Waals surface area contributed by atoms with E-state index in [1.165, 1.54) is 12.3 Å². The molecule has 1 aromatic heterocycles. The summed E-state index contributed by atoms with van der Waals surface area (Å²) in [5.41, 5.74) is 0.908. The molecule has 0 saturated carbocycles. The van der Waals surface area contributed by atoms with Crippen molar-refractivity contribution in [2.75, 3.05) is 39.3 Å². The van der Waals surface area contributed by atoms with Gasteiger partial charge in [-0.15, -0.1) is 0 Å². The zero-order chi connectivity index (χ0) is 18.0. The first-order valence-electron chi connectivity index (χ1n) is 8.18.